The Morgan fingerprint density at radius 2 is 1.21 bits per heavy atom. The predicted octanol–water partition coefficient (Wildman–Crippen LogP) is 5.68. The van der Waals surface area contributed by atoms with Crippen molar-refractivity contribution in [3.63, 3.8) is 0 Å². The number of carbonyl (C=O) groups is 1. The fourth-order valence-corrected chi connectivity index (χ4v) is 5.05. The Morgan fingerprint density at radius 3 is 1.79 bits per heavy atom. The van der Waals surface area contributed by atoms with E-state index in [0.717, 1.165) is 22.4 Å². The van der Waals surface area contributed by atoms with Gasteiger partial charge in [-0.15, -0.1) is 5.48 Å². The molecule has 1 heterocycles. The number of hydrogen-bond acceptors (Lipinski definition) is 11. The predicted molar refractivity (Wildman–Crippen MR) is 177 cm³/mol. The van der Waals surface area contributed by atoms with Crippen LogP contribution in [0, 0.1) is 0 Å². The molecule has 1 atom stereocenters. The summed E-state index contributed by atoms with van der Waals surface area (Å²) in [5, 5.41) is 6.30. The van der Waals surface area contributed by atoms with Crippen molar-refractivity contribution in [2.45, 2.75) is 6.17 Å². The SMILES string of the molecule is COc1cc(C2NC(=O)c3ccccc3N2)ccc1OCNOc1c(OC)cc(/C=C\c2cc(OC)c(OC)c(OC)c2)cc1OC. The zero-order chi connectivity index (χ0) is 33.3. The lowest BCUT2D eigenvalue weighted by Gasteiger charge is -2.28. The molecule has 0 saturated heterocycles. The third-order valence-corrected chi connectivity index (χ3v) is 7.37. The molecule has 4 aromatic carbocycles. The maximum atomic E-state index is 12.6. The highest BCUT2D eigenvalue weighted by atomic mass is 16.7. The van der Waals surface area contributed by atoms with Crippen molar-refractivity contribution in [2.24, 2.45) is 0 Å². The molecule has 0 spiro atoms. The molecule has 0 fully saturated rings. The van der Waals surface area contributed by atoms with Gasteiger partial charge in [0.25, 0.3) is 5.91 Å². The largest absolute Gasteiger partial charge is 0.493 e. The summed E-state index contributed by atoms with van der Waals surface area (Å²) in [6.45, 7) is -0.0312. The van der Waals surface area contributed by atoms with Gasteiger partial charge in [-0.3, -0.25) is 4.79 Å². The molecule has 0 aromatic heterocycles. The Morgan fingerprint density at radius 1 is 0.638 bits per heavy atom. The third kappa shape index (κ3) is 7.23. The van der Waals surface area contributed by atoms with E-state index in [4.69, 9.17) is 38.0 Å². The van der Waals surface area contributed by atoms with Gasteiger partial charge in [0, 0.05) is 5.69 Å². The van der Waals surface area contributed by atoms with Crippen LogP contribution in [0.3, 0.4) is 0 Å². The quantitative estimate of drug-likeness (QED) is 0.0680. The van der Waals surface area contributed by atoms with Crippen molar-refractivity contribution < 1.29 is 42.8 Å². The summed E-state index contributed by atoms with van der Waals surface area (Å²) < 4.78 is 39.0. The summed E-state index contributed by atoms with van der Waals surface area (Å²) in [4.78, 5) is 18.4. The molecule has 1 amide bonds. The molecule has 0 aliphatic carbocycles. The number of para-hydroxylation sites is 1. The highest BCUT2D eigenvalue weighted by Gasteiger charge is 2.25. The number of nitrogens with one attached hydrogen (secondary N) is 3. The minimum absolute atomic E-state index is 0.0312. The minimum atomic E-state index is -0.429. The van der Waals surface area contributed by atoms with Crippen LogP contribution in [0.5, 0.6) is 46.0 Å². The number of benzene rings is 4. The average Bonchev–Trinajstić information content (AvgIpc) is 3.11. The van der Waals surface area contributed by atoms with Gasteiger partial charge < -0.3 is 48.6 Å². The molecule has 246 valence electrons. The van der Waals surface area contributed by atoms with Crippen molar-refractivity contribution in [1.82, 2.24) is 10.8 Å². The zero-order valence-corrected chi connectivity index (χ0v) is 27.0. The van der Waals surface area contributed by atoms with E-state index >= 15 is 0 Å². The van der Waals surface area contributed by atoms with E-state index < -0.39 is 6.17 Å². The average molecular weight is 644 g/mol. The number of rotatable bonds is 14. The fraction of sp³-hybridized carbons (Fsp3) is 0.229. The molecule has 3 N–H and O–H groups in total. The molecule has 1 unspecified atom stereocenters. The lowest BCUT2D eigenvalue weighted by Crippen LogP contribution is -2.38. The van der Waals surface area contributed by atoms with E-state index in [0.29, 0.717) is 51.6 Å². The Labute approximate surface area is 273 Å². The summed E-state index contributed by atoms with van der Waals surface area (Å²) in [6.07, 6.45) is 3.37. The van der Waals surface area contributed by atoms with E-state index in [9.17, 15) is 4.79 Å². The standard InChI is InChI=1S/C35H37N3O9/c1-40-27-19-23(34-37-25-10-8-7-9-24(25)35(39)38-34)13-14-26(27)46-20-36-47-33-30(43-4)17-22(18-31(33)44-5)12-11-21-15-28(41-2)32(45-6)29(16-21)42-3/h7-19,34,36-37H,20H2,1-6H3,(H,38,39)/b12-11-. The Kier molecular flexibility index (Phi) is 10.4. The molecule has 47 heavy (non-hydrogen) atoms. The molecular formula is C35H37N3O9. The van der Waals surface area contributed by atoms with Gasteiger partial charge in [-0.2, -0.15) is 0 Å². The minimum Gasteiger partial charge on any atom is -0.493 e. The Bertz CT molecular complexity index is 1710. The molecule has 0 bridgehead atoms. The lowest BCUT2D eigenvalue weighted by molar-refractivity contribution is 0.0935. The molecule has 12 heteroatoms. The van der Waals surface area contributed by atoms with Crippen LogP contribution in [0.1, 0.15) is 33.2 Å². The second kappa shape index (κ2) is 15.0. The summed E-state index contributed by atoms with van der Waals surface area (Å²) in [7, 11) is 9.33. The van der Waals surface area contributed by atoms with Crippen molar-refractivity contribution in [2.75, 3.05) is 54.7 Å². The van der Waals surface area contributed by atoms with Gasteiger partial charge in [-0.25, -0.2) is 0 Å². The molecule has 1 aliphatic rings. The van der Waals surface area contributed by atoms with E-state index in [1.165, 1.54) is 0 Å². The topological polar surface area (TPSA) is 127 Å². The van der Waals surface area contributed by atoms with E-state index in [-0.39, 0.29) is 12.6 Å². The van der Waals surface area contributed by atoms with E-state index in [1.54, 1.807) is 60.9 Å². The van der Waals surface area contributed by atoms with Crippen LogP contribution in [0.2, 0.25) is 0 Å². The molecule has 5 rings (SSSR count). The fourth-order valence-electron chi connectivity index (χ4n) is 5.05. The molecule has 1 aliphatic heterocycles. The summed E-state index contributed by atoms with van der Waals surface area (Å²) in [5.41, 5.74) is 6.59. The summed E-state index contributed by atoms with van der Waals surface area (Å²) in [6, 6.07) is 20.1. The highest BCUT2D eigenvalue weighted by molar-refractivity contribution is 6.01. The van der Waals surface area contributed by atoms with Crippen LogP contribution in [-0.4, -0.2) is 55.3 Å². The van der Waals surface area contributed by atoms with Gasteiger partial charge >= 0.3 is 0 Å². The van der Waals surface area contributed by atoms with Crippen LogP contribution < -0.4 is 54.1 Å². The zero-order valence-electron chi connectivity index (χ0n) is 27.0. The number of hydrogen-bond donors (Lipinski definition) is 3. The molecular weight excluding hydrogens is 606 g/mol. The van der Waals surface area contributed by atoms with Crippen LogP contribution in [-0.2, 0) is 0 Å². The first-order valence-electron chi connectivity index (χ1n) is 14.5. The van der Waals surface area contributed by atoms with Gasteiger partial charge in [0.1, 0.15) is 6.17 Å². The number of ether oxygens (including phenoxy) is 7. The lowest BCUT2D eigenvalue weighted by atomic mass is 10.1. The van der Waals surface area contributed by atoms with E-state index in [1.807, 2.05) is 60.7 Å². The third-order valence-electron chi connectivity index (χ3n) is 7.37. The van der Waals surface area contributed by atoms with Crippen LogP contribution in [0.4, 0.5) is 5.69 Å². The van der Waals surface area contributed by atoms with Crippen LogP contribution in [0.25, 0.3) is 12.2 Å². The summed E-state index contributed by atoms with van der Waals surface area (Å²) >= 11 is 0. The molecule has 12 nitrogen and oxygen atoms in total. The number of amides is 1. The first-order chi connectivity index (χ1) is 22.9. The van der Waals surface area contributed by atoms with Crippen molar-refractivity contribution >= 4 is 23.7 Å². The van der Waals surface area contributed by atoms with Crippen LogP contribution >= 0.6 is 0 Å². The Balaban J connectivity index is 1.24. The number of methoxy groups -OCH3 is 6. The van der Waals surface area contributed by atoms with Crippen molar-refractivity contribution in [3.8, 4) is 46.0 Å². The second-order valence-electron chi connectivity index (χ2n) is 10.1. The molecule has 0 radical (unpaired) electrons. The van der Waals surface area contributed by atoms with Crippen molar-refractivity contribution in [1.29, 1.82) is 0 Å². The number of hydroxylamine groups is 1. The summed E-state index contributed by atoms with van der Waals surface area (Å²) in [5.74, 6) is 3.63. The van der Waals surface area contributed by atoms with Gasteiger partial charge in [0.15, 0.2) is 41.2 Å². The van der Waals surface area contributed by atoms with Crippen molar-refractivity contribution in [3.05, 3.63) is 89.0 Å². The number of fused-ring (bicyclic) bond motifs is 1. The first-order valence-corrected chi connectivity index (χ1v) is 14.5. The monoisotopic (exact) mass is 643 g/mol. The Hall–Kier alpha value is -5.75. The van der Waals surface area contributed by atoms with Gasteiger partial charge in [0.05, 0.1) is 48.2 Å². The van der Waals surface area contributed by atoms with Gasteiger partial charge in [-0.1, -0.05) is 30.4 Å². The number of anilines is 1. The highest BCUT2D eigenvalue weighted by Crippen LogP contribution is 2.41. The van der Waals surface area contributed by atoms with Gasteiger partial charge in [0.2, 0.25) is 11.5 Å². The molecule has 4 aromatic rings. The molecule has 0 saturated carbocycles. The van der Waals surface area contributed by atoms with Gasteiger partial charge in [-0.05, 0) is 65.2 Å². The number of carbonyl (C=O) groups excluding carboxylic acids is 1. The van der Waals surface area contributed by atoms with E-state index in [2.05, 4.69) is 16.1 Å². The maximum Gasteiger partial charge on any atom is 0.255 e. The first kappa shape index (κ1) is 32.6. The maximum absolute atomic E-state index is 12.6. The normalized spacial score (nSPS) is 13.6. The second-order valence-corrected chi connectivity index (χ2v) is 10.1. The smallest absolute Gasteiger partial charge is 0.255 e. The van der Waals surface area contributed by atoms with Crippen LogP contribution in [0.15, 0.2) is 66.7 Å².